The van der Waals surface area contributed by atoms with E-state index in [0.717, 1.165) is 5.69 Å². The topological polar surface area (TPSA) is 96.7 Å². The summed E-state index contributed by atoms with van der Waals surface area (Å²) in [6.45, 7) is 1.66. The summed E-state index contributed by atoms with van der Waals surface area (Å²) in [5.74, 6) is -1.63. The van der Waals surface area contributed by atoms with Gasteiger partial charge in [-0.25, -0.2) is 14.2 Å². The van der Waals surface area contributed by atoms with Gasteiger partial charge in [-0.3, -0.25) is 4.79 Å². The normalized spacial score (nSPS) is 14.1. The molecule has 0 spiro atoms. The van der Waals surface area contributed by atoms with Gasteiger partial charge < -0.3 is 24.6 Å². The number of aryl methyl sites for hydroxylation is 1. The molecule has 2 heterocycles. The molecule has 0 bridgehead atoms. The molecule has 0 atom stereocenters. The SMILES string of the molecule is COC(=O)C1=C(Nc2ccc(-n3cnc(C)c3)c(F)c2)C(=O)N(CCO)C1. The van der Waals surface area contributed by atoms with Gasteiger partial charge in [-0.05, 0) is 25.1 Å². The number of methoxy groups -OCH3 is 1. The quantitative estimate of drug-likeness (QED) is 0.732. The molecule has 0 aliphatic carbocycles. The van der Waals surface area contributed by atoms with E-state index in [0.29, 0.717) is 11.4 Å². The zero-order valence-electron chi connectivity index (χ0n) is 14.9. The Kier molecular flexibility index (Phi) is 5.22. The molecular weight excluding hydrogens is 355 g/mol. The number of ether oxygens (including phenoxy) is 1. The van der Waals surface area contributed by atoms with Crippen molar-refractivity contribution < 1.29 is 23.8 Å². The van der Waals surface area contributed by atoms with E-state index in [1.54, 1.807) is 29.8 Å². The van der Waals surface area contributed by atoms with Crippen LogP contribution in [0.15, 0.2) is 42.0 Å². The number of aliphatic hydroxyl groups excluding tert-OH is 1. The Bertz CT molecular complexity index is 922. The van der Waals surface area contributed by atoms with Crippen LogP contribution in [0.5, 0.6) is 0 Å². The predicted octanol–water partition coefficient (Wildman–Crippen LogP) is 0.993. The van der Waals surface area contributed by atoms with Crippen LogP contribution in [0.25, 0.3) is 5.69 Å². The molecule has 1 aromatic carbocycles. The Hall–Kier alpha value is -3.20. The molecule has 1 aliphatic rings. The zero-order valence-corrected chi connectivity index (χ0v) is 14.9. The largest absolute Gasteiger partial charge is 0.466 e. The maximum Gasteiger partial charge on any atom is 0.337 e. The van der Waals surface area contributed by atoms with E-state index in [4.69, 9.17) is 9.84 Å². The van der Waals surface area contributed by atoms with Crippen molar-refractivity contribution in [3.05, 3.63) is 53.5 Å². The number of carbonyl (C=O) groups excluding carboxylic acids is 2. The molecule has 8 nitrogen and oxygen atoms in total. The smallest absolute Gasteiger partial charge is 0.337 e. The van der Waals surface area contributed by atoms with Gasteiger partial charge in [-0.15, -0.1) is 0 Å². The number of amides is 1. The summed E-state index contributed by atoms with van der Waals surface area (Å²) in [6.07, 6.45) is 3.20. The first-order valence-electron chi connectivity index (χ1n) is 8.23. The molecule has 3 rings (SSSR count). The number of hydrogen-bond donors (Lipinski definition) is 2. The zero-order chi connectivity index (χ0) is 19.6. The number of halogens is 1. The first-order valence-corrected chi connectivity index (χ1v) is 8.23. The van der Waals surface area contributed by atoms with Crippen LogP contribution in [0.3, 0.4) is 0 Å². The lowest BCUT2D eigenvalue weighted by Crippen LogP contribution is -2.31. The molecule has 0 radical (unpaired) electrons. The number of anilines is 1. The number of imidazole rings is 1. The Morgan fingerprint density at radius 3 is 2.81 bits per heavy atom. The maximum absolute atomic E-state index is 14.5. The van der Waals surface area contributed by atoms with Crippen molar-refractivity contribution in [1.29, 1.82) is 0 Å². The highest BCUT2D eigenvalue weighted by Crippen LogP contribution is 2.25. The summed E-state index contributed by atoms with van der Waals surface area (Å²) in [6, 6.07) is 4.37. The van der Waals surface area contributed by atoms with Crippen LogP contribution in [0.4, 0.5) is 10.1 Å². The minimum atomic E-state index is -0.655. The number of aromatic nitrogens is 2. The Morgan fingerprint density at radius 1 is 1.44 bits per heavy atom. The Morgan fingerprint density at radius 2 is 2.22 bits per heavy atom. The molecule has 9 heteroatoms. The van der Waals surface area contributed by atoms with Crippen LogP contribution >= 0.6 is 0 Å². The van der Waals surface area contributed by atoms with E-state index in [-0.39, 0.29) is 31.0 Å². The van der Waals surface area contributed by atoms with E-state index in [9.17, 15) is 14.0 Å². The highest BCUT2D eigenvalue weighted by atomic mass is 19.1. The van der Waals surface area contributed by atoms with E-state index in [1.165, 1.54) is 24.4 Å². The second-order valence-corrected chi connectivity index (χ2v) is 6.01. The second-order valence-electron chi connectivity index (χ2n) is 6.01. The third-order valence-electron chi connectivity index (χ3n) is 4.16. The second kappa shape index (κ2) is 7.58. The van der Waals surface area contributed by atoms with Crippen LogP contribution in [-0.2, 0) is 14.3 Å². The van der Waals surface area contributed by atoms with E-state index in [2.05, 4.69) is 10.3 Å². The number of aliphatic hydroxyl groups is 1. The summed E-state index contributed by atoms with van der Waals surface area (Å²) in [4.78, 5) is 29.8. The Labute approximate surface area is 154 Å². The number of rotatable bonds is 6. The minimum absolute atomic E-state index is 0.0147. The van der Waals surface area contributed by atoms with Gasteiger partial charge >= 0.3 is 5.97 Å². The van der Waals surface area contributed by atoms with Gasteiger partial charge in [-0.2, -0.15) is 0 Å². The molecule has 1 amide bonds. The molecule has 1 aliphatic heterocycles. The maximum atomic E-state index is 14.5. The molecule has 0 saturated carbocycles. The molecule has 2 N–H and O–H groups in total. The number of nitrogens with zero attached hydrogens (tertiary/aromatic N) is 3. The molecule has 142 valence electrons. The molecular formula is C18H19FN4O4. The molecule has 0 fully saturated rings. The number of benzene rings is 1. The summed E-state index contributed by atoms with van der Waals surface area (Å²) in [5, 5.41) is 11.9. The summed E-state index contributed by atoms with van der Waals surface area (Å²) >= 11 is 0. The molecule has 2 aromatic rings. The fourth-order valence-electron chi connectivity index (χ4n) is 2.84. The van der Waals surface area contributed by atoms with Gasteiger partial charge in [0.1, 0.15) is 11.5 Å². The lowest BCUT2D eigenvalue weighted by atomic mass is 10.2. The van der Waals surface area contributed by atoms with Crippen LogP contribution in [0.1, 0.15) is 5.69 Å². The number of carbonyl (C=O) groups is 2. The minimum Gasteiger partial charge on any atom is -0.466 e. The summed E-state index contributed by atoms with van der Waals surface area (Å²) in [5.41, 5.74) is 1.52. The van der Waals surface area contributed by atoms with Crippen molar-refractivity contribution in [2.45, 2.75) is 6.92 Å². The van der Waals surface area contributed by atoms with Gasteiger partial charge in [0.2, 0.25) is 0 Å². The lowest BCUT2D eigenvalue weighted by molar-refractivity contribution is -0.136. The highest BCUT2D eigenvalue weighted by molar-refractivity contribution is 6.08. The average Bonchev–Trinajstić information content (AvgIpc) is 3.20. The van der Waals surface area contributed by atoms with Gasteiger partial charge in [0, 0.05) is 18.4 Å². The number of esters is 1. The van der Waals surface area contributed by atoms with Gasteiger partial charge in [0.25, 0.3) is 5.91 Å². The van der Waals surface area contributed by atoms with Crippen molar-refractivity contribution in [3.8, 4) is 5.69 Å². The standard InChI is InChI=1S/C18H19FN4O4/c1-11-8-23(10-20-11)15-4-3-12(7-14(15)19)21-16-13(18(26)27-2)9-22(5-6-24)17(16)25/h3-4,7-8,10,21,24H,5-6,9H2,1-2H3. The van der Waals surface area contributed by atoms with Crippen molar-refractivity contribution in [3.63, 3.8) is 0 Å². The van der Waals surface area contributed by atoms with Crippen LogP contribution in [0.2, 0.25) is 0 Å². The molecule has 0 saturated heterocycles. The third kappa shape index (κ3) is 3.68. The number of hydrogen-bond acceptors (Lipinski definition) is 6. The van der Waals surface area contributed by atoms with E-state index >= 15 is 0 Å². The predicted molar refractivity (Wildman–Crippen MR) is 94.6 cm³/mol. The first-order chi connectivity index (χ1) is 12.9. The van der Waals surface area contributed by atoms with Crippen molar-refractivity contribution in [1.82, 2.24) is 14.5 Å². The molecule has 1 aromatic heterocycles. The number of β-amino-alcohol motifs (C(OH)–C–C–N with tert-alkyl or cyclic N) is 1. The van der Waals surface area contributed by atoms with Crippen LogP contribution in [0, 0.1) is 12.7 Å². The monoisotopic (exact) mass is 374 g/mol. The summed E-state index contributed by atoms with van der Waals surface area (Å²) < 4.78 is 20.8. The van der Waals surface area contributed by atoms with E-state index < -0.39 is 17.7 Å². The molecule has 27 heavy (non-hydrogen) atoms. The van der Waals surface area contributed by atoms with Gasteiger partial charge in [0.05, 0.1) is 43.5 Å². The number of nitrogens with one attached hydrogen (secondary N) is 1. The average molecular weight is 374 g/mol. The van der Waals surface area contributed by atoms with E-state index in [1.807, 2.05) is 0 Å². The fraction of sp³-hybridized carbons (Fsp3) is 0.278. The first kappa shape index (κ1) is 18.6. The van der Waals surface area contributed by atoms with Crippen molar-refractivity contribution >= 4 is 17.6 Å². The van der Waals surface area contributed by atoms with Crippen LogP contribution in [-0.4, -0.2) is 58.2 Å². The fourth-order valence-corrected chi connectivity index (χ4v) is 2.84. The van der Waals surface area contributed by atoms with Crippen LogP contribution < -0.4 is 5.32 Å². The van der Waals surface area contributed by atoms with Crippen molar-refractivity contribution in [2.24, 2.45) is 0 Å². The molecule has 0 unspecified atom stereocenters. The highest BCUT2D eigenvalue weighted by Gasteiger charge is 2.34. The van der Waals surface area contributed by atoms with Gasteiger partial charge in [-0.1, -0.05) is 0 Å². The lowest BCUT2D eigenvalue weighted by Gasteiger charge is -2.15. The van der Waals surface area contributed by atoms with Crippen molar-refractivity contribution in [2.75, 3.05) is 32.1 Å². The van der Waals surface area contributed by atoms with Gasteiger partial charge in [0.15, 0.2) is 0 Å². The third-order valence-corrected chi connectivity index (χ3v) is 4.16. The Balaban J connectivity index is 1.89. The summed E-state index contributed by atoms with van der Waals surface area (Å²) in [7, 11) is 1.22.